The first-order valence-electron chi connectivity index (χ1n) is 8.09. The Labute approximate surface area is 137 Å². The van der Waals surface area contributed by atoms with Crippen molar-refractivity contribution in [2.75, 3.05) is 32.8 Å². The first kappa shape index (κ1) is 17.6. The van der Waals surface area contributed by atoms with Crippen molar-refractivity contribution >= 4 is 12.0 Å². The summed E-state index contributed by atoms with van der Waals surface area (Å²) in [7, 11) is 0. The lowest BCUT2D eigenvalue weighted by molar-refractivity contribution is -0.116. The van der Waals surface area contributed by atoms with Gasteiger partial charge in [-0.25, -0.2) is 4.39 Å². The molecule has 1 unspecified atom stereocenters. The average molecular weight is 320 g/mol. The minimum atomic E-state index is -0.306. The van der Waals surface area contributed by atoms with Crippen LogP contribution in [0.5, 0.6) is 0 Å². The highest BCUT2D eigenvalue weighted by molar-refractivity contribution is 5.91. The molecule has 5 heteroatoms. The van der Waals surface area contributed by atoms with Crippen LogP contribution in [0, 0.1) is 11.7 Å². The van der Waals surface area contributed by atoms with E-state index < -0.39 is 0 Å². The van der Waals surface area contributed by atoms with Crippen LogP contribution in [-0.2, 0) is 9.53 Å². The van der Waals surface area contributed by atoms with Gasteiger partial charge in [-0.2, -0.15) is 0 Å². The standard InChI is InChI=1S/C18H25FN2O2/c1-14(2)17(21-8-10-23-11-9-21)13-20-18(22)7-6-15-4-3-5-16(19)12-15/h3-7,12,14,17H,8-11,13H2,1-2H3,(H,20,22)/b7-6+. The number of carbonyl (C=O) groups excluding carboxylic acids is 1. The fraction of sp³-hybridized carbons (Fsp3) is 0.500. The molecule has 1 atom stereocenters. The molecule has 1 aliphatic rings. The maximum absolute atomic E-state index is 13.1. The first-order valence-corrected chi connectivity index (χ1v) is 8.09. The molecule has 126 valence electrons. The van der Waals surface area contributed by atoms with Gasteiger partial charge in [-0.1, -0.05) is 26.0 Å². The molecule has 0 saturated carbocycles. The van der Waals surface area contributed by atoms with Crippen molar-refractivity contribution in [3.8, 4) is 0 Å². The summed E-state index contributed by atoms with van der Waals surface area (Å²) in [6, 6.07) is 6.46. The number of benzene rings is 1. The second-order valence-corrected chi connectivity index (χ2v) is 6.09. The van der Waals surface area contributed by atoms with E-state index in [1.165, 1.54) is 18.2 Å². The molecule has 1 amide bonds. The van der Waals surface area contributed by atoms with Gasteiger partial charge in [0.2, 0.25) is 5.91 Å². The molecule has 0 aromatic heterocycles. The second-order valence-electron chi connectivity index (χ2n) is 6.09. The lowest BCUT2D eigenvalue weighted by Crippen LogP contribution is -2.51. The van der Waals surface area contributed by atoms with Gasteiger partial charge in [-0.15, -0.1) is 0 Å². The summed E-state index contributed by atoms with van der Waals surface area (Å²) in [6.07, 6.45) is 3.07. The number of halogens is 1. The molecule has 1 saturated heterocycles. The normalized spacial score (nSPS) is 17.6. The smallest absolute Gasteiger partial charge is 0.244 e. The van der Waals surface area contributed by atoms with E-state index in [2.05, 4.69) is 24.1 Å². The molecule has 4 nitrogen and oxygen atoms in total. The molecular weight excluding hydrogens is 295 g/mol. The van der Waals surface area contributed by atoms with Crippen LogP contribution in [0.2, 0.25) is 0 Å². The van der Waals surface area contributed by atoms with Crippen molar-refractivity contribution in [3.63, 3.8) is 0 Å². The monoisotopic (exact) mass is 320 g/mol. The summed E-state index contributed by atoms with van der Waals surface area (Å²) in [5, 5.41) is 2.94. The Morgan fingerprint density at radius 1 is 1.39 bits per heavy atom. The number of carbonyl (C=O) groups is 1. The van der Waals surface area contributed by atoms with E-state index in [-0.39, 0.29) is 11.7 Å². The van der Waals surface area contributed by atoms with E-state index in [0.29, 0.717) is 24.1 Å². The average Bonchev–Trinajstić information content (AvgIpc) is 2.54. The van der Waals surface area contributed by atoms with Crippen LogP contribution in [0.1, 0.15) is 19.4 Å². The molecule has 1 aliphatic heterocycles. The third kappa shape index (κ3) is 5.77. The van der Waals surface area contributed by atoms with Gasteiger partial charge in [0.1, 0.15) is 5.82 Å². The van der Waals surface area contributed by atoms with Gasteiger partial charge >= 0.3 is 0 Å². The fourth-order valence-electron chi connectivity index (χ4n) is 2.74. The van der Waals surface area contributed by atoms with Crippen molar-refractivity contribution < 1.29 is 13.9 Å². The lowest BCUT2D eigenvalue weighted by Gasteiger charge is -2.36. The summed E-state index contributed by atoms with van der Waals surface area (Å²) in [4.78, 5) is 14.3. The van der Waals surface area contributed by atoms with E-state index in [1.54, 1.807) is 18.2 Å². The van der Waals surface area contributed by atoms with Crippen molar-refractivity contribution in [1.29, 1.82) is 0 Å². The van der Waals surface area contributed by atoms with Crippen LogP contribution in [-0.4, -0.2) is 49.7 Å². The summed E-state index contributed by atoms with van der Waals surface area (Å²) >= 11 is 0. The number of morpholine rings is 1. The van der Waals surface area contributed by atoms with Gasteiger partial charge in [0, 0.05) is 31.8 Å². The summed E-state index contributed by atoms with van der Waals surface area (Å²) in [6.45, 7) is 8.22. The van der Waals surface area contributed by atoms with Crippen LogP contribution in [0.15, 0.2) is 30.3 Å². The van der Waals surface area contributed by atoms with Gasteiger partial charge in [-0.05, 0) is 29.7 Å². The van der Waals surface area contributed by atoms with Gasteiger partial charge in [0.25, 0.3) is 0 Å². The Balaban J connectivity index is 1.86. The molecule has 1 aromatic rings. The zero-order chi connectivity index (χ0) is 16.7. The Bertz CT molecular complexity index is 540. The molecule has 2 rings (SSSR count). The number of amides is 1. The molecule has 23 heavy (non-hydrogen) atoms. The molecular formula is C18H25FN2O2. The Hall–Kier alpha value is -1.72. The van der Waals surface area contributed by atoms with Gasteiger partial charge in [-0.3, -0.25) is 9.69 Å². The number of hydrogen-bond acceptors (Lipinski definition) is 3. The maximum Gasteiger partial charge on any atom is 0.244 e. The minimum Gasteiger partial charge on any atom is -0.379 e. The summed E-state index contributed by atoms with van der Waals surface area (Å²) in [5.74, 6) is -0.0199. The van der Waals surface area contributed by atoms with Gasteiger partial charge < -0.3 is 10.1 Å². The zero-order valence-corrected chi connectivity index (χ0v) is 13.8. The Morgan fingerprint density at radius 2 is 2.13 bits per heavy atom. The van der Waals surface area contributed by atoms with E-state index >= 15 is 0 Å². The Morgan fingerprint density at radius 3 is 2.78 bits per heavy atom. The topological polar surface area (TPSA) is 41.6 Å². The third-order valence-electron chi connectivity index (χ3n) is 4.05. The van der Waals surface area contributed by atoms with Crippen LogP contribution in [0.3, 0.4) is 0 Å². The van der Waals surface area contributed by atoms with Crippen molar-refractivity contribution in [3.05, 3.63) is 41.7 Å². The predicted octanol–water partition coefficient (Wildman–Crippen LogP) is 2.31. The molecule has 0 radical (unpaired) electrons. The van der Waals surface area contributed by atoms with Crippen LogP contribution in [0.25, 0.3) is 6.08 Å². The number of nitrogens with one attached hydrogen (secondary N) is 1. The van der Waals surface area contributed by atoms with E-state index in [0.717, 1.165) is 26.3 Å². The van der Waals surface area contributed by atoms with Crippen LogP contribution < -0.4 is 5.32 Å². The van der Waals surface area contributed by atoms with Gasteiger partial charge in [0.05, 0.1) is 13.2 Å². The van der Waals surface area contributed by atoms with Crippen molar-refractivity contribution in [2.45, 2.75) is 19.9 Å². The highest BCUT2D eigenvalue weighted by Gasteiger charge is 2.23. The molecule has 1 aromatic carbocycles. The largest absolute Gasteiger partial charge is 0.379 e. The van der Waals surface area contributed by atoms with E-state index in [9.17, 15) is 9.18 Å². The fourth-order valence-corrected chi connectivity index (χ4v) is 2.74. The van der Waals surface area contributed by atoms with Crippen LogP contribution >= 0.6 is 0 Å². The van der Waals surface area contributed by atoms with Crippen molar-refractivity contribution in [1.82, 2.24) is 10.2 Å². The lowest BCUT2D eigenvalue weighted by atomic mass is 10.0. The molecule has 1 heterocycles. The SMILES string of the molecule is CC(C)C(CNC(=O)/C=C/c1cccc(F)c1)N1CCOCC1. The third-order valence-corrected chi connectivity index (χ3v) is 4.05. The Kier molecular flexibility index (Phi) is 6.74. The highest BCUT2D eigenvalue weighted by atomic mass is 19.1. The number of ether oxygens (including phenoxy) is 1. The highest BCUT2D eigenvalue weighted by Crippen LogP contribution is 2.12. The maximum atomic E-state index is 13.1. The summed E-state index contributed by atoms with van der Waals surface area (Å²) in [5.41, 5.74) is 0.675. The molecule has 1 fully saturated rings. The summed E-state index contributed by atoms with van der Waals surface area (Å²) < 4.78 is 18.5. The first-order chi connectivity index (χ1) is 11.1. The number of hydrogen-bond donors (Lipinski definition) is 1. The zero-order valence-electron chi connectivity index (χ0n) is 13.8. The number of nitrogens with zero attached hydrogens (tertiary/aromatic N) is 1. The molecule has 0 aliphatic carbocycles. The van der Waals surface area contributed by atoms with Crippen molar-refractivity contribution in [2.24, 2.45) is 5.92 Å². The van der Waals surface area contributed by atoms with Crippen LogP contribution in [0.4, 0.5) is 4.39 Å². The molecule has 1 N–H and O–H groups in total. The number of rotatable bonds is 6. The van der Waals surface area contributed by atoms with E-state index in [1.807, 2.05) is 0 Å². The molecule has 0 bridgehead atoms. The quantitative estimate of drug-likeness (QED) is 0.818. The second kappa shape index (κ2) is 8.79. The van der Waals surface area contributed by atoms with E-state index in [4.69, 9.17) is 4.74 Å². The van der Waals surface area contributed by atoms with Gasteiger partial charge in [0.15, 0.2) is 0 Å². The predicted molar refractivity (Wildman–Crippen MR) is 89.5 cm³/mol. The molecule has 0 spiro atoms. The minimum absolute atomic E-state index is 0.159.